The van der Waals surface area contributed by atoms with Gasteiger partial charge in [0, 0.05) is 0 Å². The van der Waals surface area contributed by atoms with E-state index in [0.717, 1.165) is 5.92 Å². The standard InChI is InChI=1S/C15H22/c1-11(2)13-7-9-15(4)8-5-6-12(3)14(15)10-13/h5-6,13H,1,7-10H2,2-4H3/t13-,15+/m1/s1. The van der Waals surface area contributed by atoms with Crippen LogP contribution in [0.25, 0.3) is 0 Å². The predicted octanol–water partition coefficient (Wildman–Crippen LogP) is 4.65. The van der Waals surface area contributed by atoms with Crippen molar-refractivity contribution in [1.82, 2.24) is 0 Å². The van der Waals surface area contributed by atoms with Crippen LogP contribution < -0.4 is 0 Å². The van der Waals surface area contributed by atoms with Crippen molar-refractivity contribution in [2.45, 2.75) is 46.5 Å². The summed E-state index contributed by atoms with van der Waals surface area (Å²) < 4.78 is 0. The van der Waals surface area contributed by atoms with E-state index in [1.54, 1.807) is 5.57 Å². The summed E-state index contributed by atoms with van der Waals surface area (Å²) in [5, 5.41) is 0. The molecule has 0 spiro atoms. The third kappa shape index (κ3) is 1.82. The highest BCUT2D eigenvalue weighted by Crippen LogP contribution is 2.50. The number of allylic oxidation sites excluding steroid dienone is 5. The molecule has 2 aliphatic carbocycles. The second-order valence-electron chi connectivity index (χ2n) is 5.61. The molecule has 0 aliphatic heterocycles. The van der Waals surface area contributed by atoms with E-state index >= 15 is 0 Å². The maximum atomic E-state index is 4.12. The van der Waals surface area contributed by atoms with Crippen LogP contribution in [-0.4, -0.2) is 0 Å². The fourth-order valence-corrected chi connectivity index (χ4v) is 3.12. The van der Waals surface area contributed by atoms with Gasteiger partial charge in [-0.05, 0) is 50.9 Å². The quantitative estimate of drug-likeness (QED) is 0.543. The van der Waals surface area contributed by atoms with Crippen LogP contribution in [0.1, 0.15) is 46.5 Å². The van der Waals surface area contributed by atoms with E-state index in [2.05, 4.69) is 39.5 Å². The van der Waals surface area contributed by atoms with E-state index in [1.807, 2.05) is 0 Å². The smallest absolute Gasteiger partial charge is 0.00757 e. The van der Waals surface area contributed by atoms with E-state index in [-0.39, 0.29) is 0 Å². The highest BCUT2D eigenvalue weighted by Gasteiger charge is 2.36. The molecule has 0 amide bonds. The molecular weight excluding hydrogens is 180 g/mol. The summed E-state index contributed by atoms with van der Waals surface area (Å²) in [5.41, 5.74) is 5.04. The van der Waals surface area contributed by atoms with Gasteiger partial charge >= 0.3 is 0 Å². The van der Waals surface area contributed by atoms with Crippen molar-refractivity contribution in [1.29, 1.82) is 0 Å². The van der Waals surface area contributed by atoms with Crippen molar-refractivity contribution in [3.8, 4) is 0 Å². The molecule has 2 rings (SSSR count). The average molecular weight is 202 g/mol. The highest BCUT2D eigenvalue weighted by molar-refractivity contribution is 5.35. The zero-order valence-corrected chi connectivity index (χ0v) is 10.3. The van der Waals surface area contributed by atoms with Gasteiger partial charge in [-0.3, -0.25) is 0 Å². The predicted molar refractivity (Wildman–Crippen MR) is 66.7 cm³/mol. The monoisotopic (exact) mass is 202 g/mol. The van der Waals surface area contributed by atoms with E-state index in [0.29, 0.717) is 5.41 Å². The van der Waals surface area contributed by atoms with Crippen LogP contribution in [0.15, 0.2) is 35.5 Å². The Balaban J connectivity index is 2.29. The molecule has 2 aliphatic rings. The Morgan fingerprint density at radius 3 is 2.93 bits per heavy atom. The third-order valence-electron chi connectivity index (χ3n) is 4.33. The minimum absolute atomic E-state index is 0.463. The molecule has 0 saturated heterocycles. The van der Waals surface area contributed by atoms with E-state index in [1.165, 1.54) is 36.8 Å². The van der Waals surface area contributed by atoms with Gasteiger partial charge in [0.05, 0.1) is 0 Å². The van der Waals surface area contributed by atoms with Crippen LogP contribution in [0.5, 0.6) is 0 Å². The van der Waals surface area contributed by atoms with E-state index in [4.69, 9.17) is 0 Å². The summed E-state index contributed by atoms with van der Waals surface area (Å²) in [6.45, 7) is 11.0. The summed E-state index contributed by atoms with van der Waals surface area (Å²) in [6, 6.07) is 0. The first-order valence-electron chi connectivity index (χ1n) is 6.05. The minimum Gasteiger partial charge on any atom is -0.0998 e. The molecule has 0 nitrogen and oxygen atoms in total. The number of hydrogen-bond acceptors (Lipinski definition) is 0. The van der Waals surface area contributed by atoms with Crippen molar-refractivity contribution in [3.63, 3.8) is 0 Å². The fraction of sp³-hybridized carbons (Fsp3) is 0.600. The van der Waals surface area contributed by atoms with Gasteiger partial charge in [-0.15, -0.1) is 0 Å². The lowest BCUT2D eigenvalue weighted by atomic mass is 9.62. The SMILES string of the molecule is C=C(C)[C@@H]1CC[C@]2(C)CC=CC(C)=C2C1. The Labute approximate surface area is 93.8 Å². The largest absolute Gasteiger partial charge is 0.0998 e. The lowest BCUT2D eigenvalue weighted by Crippen LogP contribution is -2.29. The molecule has 0 aromatic heterocycles. The molecule has 0 N–H and O–H groups in total. The maximum Gasteiger partial charge on any atom is -0.00757 e. The molecule has 0 aromatic rings. The van der Waals surface area contributed by atoms with Gasteiger partial charge in [0.2, 0.25) is 0 Å². The summed E-state index contributed by atoms with van der Waals surface area (Å²) in [7, 11) is 0. The summed E-state index contributed by atoms with van der Waals surface area (Å²) >= 11 is 0. The Hall–Kier alpha value is -0.780. The second kappa shape index (κ2) is 3.66. The van der Waals surface area contributed by atoms with Crippen molar-refractivity contribution in [3.05, 3.63) is 35.5 Å². The number of hydrogen-bond donors (Lipinski definition) is 0. The maximum absolute atomic E-state index is 4.12. The molecule has 2 atom stereocenters. The van der Waals surface area contributed by atoms with Gasteiger partial charge in [-0.1, -0.05) is 42.4 Å². The van der Waals surface area contributed by atoms with Gasteiger partial charge in [0.1, 0.15) is 0 Å². The molecule has 0 bridgehead atoms. The van der Waals surface area contributed by atoms with Gasteiger partial charge in [-0.25, -0.2) is 0 Å². The molecule has 1 fully saturated rings. The molecule has 82 valence electrons. The average Bonchev–Trinajstić information content (AvgIpc) is 2.17. The van der Waals surface area contributed by atoms with Gasteiger partial charge in [0.25, 0.3) is 0 Å². The second-order valence-corrected chi connectivity index (χ2v) is 5.61. The Morgan fingerprint density at radius 1 is 1.53 bits per heavy atom. The Bertz CT molecular complexity index is 343. The fourth-order valence-electron chi connectivity index (χ4n) is 3.12. The summed E-state index contributed by atoms with van der Waals surface area (Å²) in [6.07, 6.45) is 9.81. The lowest BCUT2D eigenvalue weighted by Gasteiger charge is -2.42. The Morgan fingerprint density at radius 2 is 2.27 bits per heavy atom. The molecule has 0 aromatic carbocycles. The van der Waals surface area contributed by atoms with Gasteiger partial charge in [0.15, 0.2) is 0 Å². The van der Waals surface area contributed by atoms with Crippen molar-refractivity contribution in [2.24, 2.45) is 11.3 Å². The summed E-state index contributed by atoms with van der Waals surface area (Å²) in [4.78, 5) is 0. The van der Waals surface area contributed by atoms with Crippen molar-refractivity contribution >= 4 is 0 Å². The zero-order valence-electron chi connectivity index (χ0n) is 10.3. The molecule has 0 heteroatoms. The lowest BCUT2D eigenvalue weighted by molar-refractivity contribution is 0.265. The molecule has 15 heavy (non-hydrogen) atoms. The van der Waals surface area contributed by atoms with Crippen molar-refractivity contribution < 1.29 is 0 Å². The molecule has 0 radical (unpaired) electrons. The highest BCUT2D eigenvalue weighted by atomic mass is 14.4. The van der Waals surface area contributed by atoms with Crippen LogP contribution in [0, 0.1) is 11.3 Å². The first-order chi connectivity index (χ1) is 7.03. The molecule has 0 unspecified atom stereocenters. The van der Waals surface area contributed by atoms with Crippen LogP contribution in [-0.2, 0) is 0 Å². The first-order valence-corrected chi connectivity index (χ1v) is 6.05. The number of rotatable bonds is 1. The zero-order chi connectivity index (χ0) is 11.1. The van der Waals surface area contributed by atoms with Crippen molar-refractivity contribution in [2.75, 3.05) is 0 Å². The van der Waals surface area contributed by atoms with Crippen LogP contribution in [0.4, 0.5) is 0 Å². The van der Waals surface area contributed by atoms with Crippen LogP contribution >= 0.6 is 0 Å². The molecular formula is C15H22. The first kappa shape index (κ1) is 10.7. The van der Waals surface area contributed by atoms with E-state index in [9.17, 15) is 0 Å². The van der Waals surface area contributed by atoms with Gasteiger partial charge in [-0.2, -0.15) is 0 Å². The third-order valence-corrected chi connectivity index (χ3v) is 4.33. The minimum atomic E-state index is 0.463. The van der Waals surface area contributed by atoms with E-state index < -0.39 is 0 Å². The normalized spacial score (nSPS) is 35.3. The molecule has 1 saturated carbocycles. The van der Waals surface area contributed by atoms with Gasteiger partial charge < -0.3 is 0 Å². The topological polar surface area (TPSA) is 0 Å². The molecule has 0 heterocycles. The van der Waals surface area contributed by atoms with Crippen LogP contribution in [0.3, 0.4) is 0 Å². The Kier molecular flexibility index (Phi) is 2.62. The number of fused-ring (bicyclic) bond motifs is 1. The van der Waals surface area contributed by atoms with Crippen LogP contribution in [0.2, 0.25) is 0 Å². The summed E-state index contributed by atoms with van der Waals surface area (Å²) in [5.74, 6) is 0.731.